The van der Waals surface area contributed by atoms with E-state index in [0.29, 0.717) is 12.6 Å². The van der Waals surface area contributed by atoms with Crippen molar-refractivity contribution < 1.29 is 9.53 Å². The van der Waals surface area contributed by atoms with Gasteiger partial charge in [-0.1, -0.05) is 6.07 Å². The Bertz CT molecular complexity index is 387. The van der Waals surface area contributed by atoms with Crippen LogP contribution in [0.1, 0.15) is 22.8 Å². The van der Waals surface area contributed by atoms with Gasteiger partial charge in [0, 0.05) is 11.6 Å². The lowest BCUT2D eigenvalue weighted by atomic mass is 10.00. The third-order valence-electron chi connectivity index (χ3n) is 2.75. The topological polar surface area (TPSA) is 38.3 Å². The Morgan fingerprint density at radius 2 is 2.27 bits per heavy atom. The number of methoxy groups -OCH3 is 1. The van der Waals surface area contributed by atoms with E-state index in [1.165, 1.54) is 0 Å². The summed E-state index contributed by atoms with van der Waals surface area (Å²) >= 11 is 0. The predicted molar refractivity (Wildman–Crippen MR) is 58.5 cm³/mol. The van der Waals surface area contributed by atoms with Crippen LogP contribution in [0.25, 0.3) is 0 Å². The number of fused-ring (bicyclic) bond motifs is 1. The third kappa shape index (κ3) is 2.02. The molecule has 0 aromatic heterocycles. The highest BCUT2D eigenvalue weighted by Gasteiger charge is 2.19. The molecule has 1 aromatic carbocycles. The first-order valence-electron chi connectivity index (χ1n) is 5.14. The first-order valence-corrected chi connectivity index (χ1v) is 5.14. The second kappa shape index (κ2) is 4.03. The second-order valence-corrected chi connectivity index (χ2v) is 3.93. The number of benzene rings is 1. The summed E-state index contributed by atoms with van der Waals surface area (Å²) in [6, 6.07) is 6.07. The van der Waals surface area contributed by atoms with Crippen molar-refractivity contribution in [3.05, 3.63) is 29.3 Å². The number of carbonyl (C=O) groups excluding carboxylic acids is 1. The van der Waals surface area contributed by atoms with E-state index in [-0.39, 0.29) is 5.78 Å². The molecule has 0 saturated carbocycles. The lowest BCUT2D eigenvalue weighted by molar-refractivity contribution is 0.0991. The fourth-order valence-corrected chi connectivity index (χ4v) is 1.88. The Morgan fingerprint density at radius 1 is 1.47 bits per heavy atom. The molecule has 80 valence electrons. The summed E-state index contributed by atoms with van der Waals surface area (Å²) in [7, 11) is 1.61. The molecule has 3 heteroatoms. The van der Waals surface area contributed by atoms with Gasteiger partial charge in [0.05, 0.1) is 13.7 Å². The average molecular weight is 205 g/mol. The van der Waals surface area contributed by atoms with Gasteiger partial charge >= 0.3 is 0 Å². The van der Waals surface area contributed by atoms with Crippen molar-refractivity contribution in [2.75, 3.05) is 13.7 Å². The number of hydrogen-bond donors (Lipinski definition) is 1. The van der Waals surface area contributed by atoms with Crippen LogP contribution in [0.2, 0.25) is 0 Å². The molecule has 1 aliphatic rings. The Hall–Kier alpha value is -1.35. The number of carbonyl (C=O) groups is 1. The van der Waals surface area contributed by atoms with Crippen LogP contribution in [-0.2, 0) is 6.42 Å². The second-order valence-electron chi connectivity index (χ2n) is 3.93. The number of ether oxygens (including phenoxy) is 1. The molecule has 15 heavy (non-hydrogen) atoms. The third-order valence-corrected chi connectivity index (χ3v) is 2.75. The van der Waals surface area contributed by atoms with Crippen molar-refractivity contribution in [3.63, 3.8) is 0 Å². The molecule has 0 aliphatic carbocycles. The maximum absolute atomic E-state index is 11.8. The maximum atomic E-state index is 11.8. The monoisotopic (exact) mass is 205 g/mol. The number of rotatable bonds is 1. The van der Waals surface area contributed by atoms with Gasteiger partial charge < -0.3 is 10.1 Å². The molecule has 1 N–H and O–H groups in total. The van der Waals surface area contributed by atoms with Crippen molar-refractivity contribution >= 4 is 5.78 Å². The van der Waals surface area contributed by atoms with E-state index in [0.717, 1.165) is 23.3 Å². The molecule has 1 unspecified atom stereocenters. The lowest BCUT2D eigenvalue weighted by Crippen LogP contribution is -2.29. The zero-order valence-corrected chi connectivity index (χ0v) is 9.04. The van der Waals surface area contributed by atoms with Gasteiger partial charge in [0.1, 0.15) is 5.75 Å². The number of nitrogens with one attached hydrogen (secondary N) is 1. The van der Waals surface area contributed by atoms with E-state index in [1.807, 2.05) is 18.2 Å². The number of hydrogen-bond acceptors (Lipinski definition) is 3. The molecule has 0 fully saturated rings. The van der Waals surface area contributed by atoms with Gasteiger partial charge in [0.25, 0.3) is 0 Å². The van der Waals surface area contributed by atoms with Gasteiger partial charge in [0.2, 0.25) is 0 Å². The van der Waals surface area contributed by atoms with Gasteiger partial charge in [-0.25, -0.2) is 0 Å². The highest BCUT2D eigenvalue weighted by molar-refractivity contribution is 5.99. The summed E-state index contributed by atoms with van der Waals surface area (Å²) in [5.41, 5.74) is 1.91. The molecule has 0 amide bonds. The van der Waals surface area contributed by atoms with Gasteiger partial charge in [-0.05, 0) is 31.0 Å². The lowest BCUT2D eigenvalue weighted by Gasteiger charge is -2.09. The van der Waals surface area contributed by atoms with Crippen LogP contribution in [-0.4, -0.2) is 25.5 Å². The predicted octanol–water partition coefficient (Wildman–Crippen LogP) is 1.41. The first-order chi connectivity index (χ1) is 7.20. The van der Waals surface area contributed by atoms with E-state index in [9.17, 15) is 4.79 Å². The van der Waals surface area contributed by atoms with Crippen LogP contribution in [0.5, 0.6) is 5.75 Å². The fraction of sp³-hybridized carbons (Fsp3) is 0.417. The highest BCUT2D eigenvalue weighted by atomic mass is 16.5. The minimum Gasteiger partial charge on any atom is -0.497 e. The SMILES string of the molecule is COc1ccc2c(c1)C(=O)CNC(C)C2. The molecule has 1 heterocycles. The standard InChI is InChI=1S/C12H15NO2/c1-8-5-9-3-4-10(15-2)6-11(9)12(14)7-13-8/h3-4,6,8,13H,5,7H2,1-2H3. The summed E-state index contributed by atoms with van der Waals surface area (Å²) in [6.45, 7) is 2.51. The van der Waals surface area contributed by atoms with Crippen molar-refractivity contribution in [2.24, 2.45) is 0 Å². The van der Waals surface area contributed by atoms with Crippen LogP contribution in [0, 0.1) is 0 Å². The Balaban J connectivity index is 2.43. The maximum Gasteiger partial charge on any atom is 0.177 e. The largest absolute Gasteiger partial charge is 0.497 e. The normalized spacial score (nSPS) is 20.7. The van der Waals surface area contributed by atoms with Crippen molar-refractivity contribution in [3.8, 4) is 5.75 Å². The summed E-state index contributed by atoms with van der Waals surface area (Å²) < 4.78 is 5.12. The quantitative estimate of drug-likeness (QED) is 0.753. The minimum atomic E-state index is 0.147. The van der Waals surface area contributed by atoms with E-state index in [2.05, 4.69) is 12.2 Å². The Morgan fingerprint density at radius 3 is 3.00 bits per heavy atom. The van der Waals surface area contributed by atoms with Gasteiger partial charge in [-0.15, -0.1) is 0 Å². The molecule has 0 spiro atoms. The van der Waals surface area contributed by atoms with Gasteiger partial charge in [-0.2, -0.15) is 0 Å². The summed E-state index contributed by atoms with van der Waals surface area (Å²) in [6.07, 6.45) is 0.894. The number of Topliss-reactive ketones (excluding diaryl/α,β-unsaturated/α-hetero) is 1. The first kappa shape index (κ1) is 10.2. The molecule has 1 aliphatic heterocycles. The Kier molecular flexibility index (Phi) is 2.73. The van der Waals surface area contributed by atoms with Gasteiger partial charge in [0.15, 0.2) is 5.78 Å². The zero-order chi connectivity index (χ0) is 10.8. The van der Waals surface area contributed by atoms with Crippen LogP contribution in [0.3, 0.4) is 0 Å². The molecule has 3 nitrogen and oxygen atoms in total. The molecule has 0 saturated heterocycles. The van der Waals surface area contributed by atoms with Crippen LogP contribution >= 0.6 is 0 Å². The van der Waals surface area contributed by atoms with E-state index in [1.54, 1.807) is 7.11 Å². The molecule has 2 rings (SSSR count). The molecular formula is C12H15NO2. The zero-order valence-electron chi connectivity index (χ0n) is 9.04. The van der Waals surface area contributed by atoms with Crippen molar-refractivity contribution in [1.82, 2.24) is 5.32 Å². The van der Waals surface area contributed by atoms with Crippen molar-refractivity contribution in [1.29, 1.82) is 0 Å². The molecule has 0 bridgehead atoms. The number of ketones is 1. The molecule has 1 aromatic rings. The van der Waals surface area contributed by atoms with E-state index < -0.39 is 0 Å². The highest BCUT2D eigenvalue weighted by Crippen LogP contribution is 2.21. The molecule has 0 radical (unpaired) electrons. The summed E-state index contributed by atoms with van der Waals surface area (Å²) in [4.78, 5) is 11.8. The van der Waals surface area contributed by atoms with Crippen LogP contribution < -0.4 is 10.1 Å². The van der Waals surface area contributed by atoms with E-state index in [4.69, 9.17) is 4.74 Å². The van der Waals surface area contributed by atoms with Crippen LogP contribution in [0.15, 0.2) is 18.2 Å². The summed E-state index contributed by atoms with van der Waals surface area (Å²) in [5, 5.41) is 3.19. The fourth-order valence-electron chi connectivity index (χ4n) is 1.88. The smallest absolute Gasteiger partial charge is 0.177 e. The molecule has 1 atom stereocenters. The van der Waals surface area contributed by atoms with Crippen LogP contribution in [0.4, 0.5) is 0 Å². The average Bonchev–Trinajstić information content (AvgIpc) is 2.39. The molecular weight excluding hydrogens is 190 g/mol. The minimum absolute atomic E-state index is 0.147. The van der Waals surface area contributed by atoms with Crippen molar-refractivity contribution in [2.45, 2.75) is 19.4 Å². The summed E-state index contributed by atoms with van der Waals surface area (Å²) in [5.74, 6) is 0.893. The van der Waals surface area contributed by atoms with Gasteiger partial charge in [-0.3, -0.25) is 4.79 Å². The Labute approximate surface area is 89.4 Å². The van der Waals surface area contributed by atoms with E-state index >= 15 is 0 Å².